The summed E-state index contributed by atoms with van der Waals surface area (Å²) in [5, 5.41) is 10.0. The third kappa shape index (κ3) is 4.04. The zero-order valence-electron chi connectivity index (χ0n) is 10.7. The lowest BCUT2D eigenvalue weighted by atomic mass is 9.78. The van der Waals surface area contributed by atoms with Gasteiger partial charge in [0.2, 0.25) is 0 Å². The SMILES string of the molecule is CCOC1CC(CC(O)Cc2ccc(Br)cn2)C1. The molecule has 0 spiro atoms. The normalized spacial score (nSPS) is 24.6. The smallest absolute Gasteiger partial charge is 0.0598 e. The Kier molecular flexibility index (Phi) is 5.15. The van der Waals surface area contributed by atoms with Crippen LogP contribution in [-0.4, -0.2) is 28.9 Å². The minimum absolute atomic E-state index is 0.286. The molecule has 1 unspecified atom stereocenters. The number of rotatable bonds is 6. The van der Waals surface area contributed by atoms with Crippen molar-refractivity contribution in [1.82, 2.24) is 4.98 Å². The molecule has 1 aliphatic carbocycles. The summed E-state index contributed by atoms with van der Waals surface area (Å²) in [5.74, 6) is 0.618. The van der Waals surface area contributed by atoms with Gasteiger partial charge in [-0.1, -0.05) is 0 Å². The van der Waals surface area contributed by atoms with Crippen LogP contribution in [-0.2, 0) is 11.2 Å². The molecule has 4 heteroatoms. The number of nitrogens with zero attached hydrogens (tertiary/aromatic N) is 1. The maximum Gasteiger partial charge on any atom is 0.0598 e. The van der Waals surface area contributed by atoms with Crippen LogP contribution in [0, 0.1) is 5.92 Å². The van der Waals surface area contributed by atoms with E-state index in [1.54, 1.807) is 6.20 Å². The van der Waals surface area contributed by atoms with E-state index < -0.39 is 0 Å². The van der Waals surface area contributed by atoms with Gasteiger partial charge in [0.05, 0.1) is 12.2 Å². The van der Waals surface area contributed by atoms with Crippen molar-refractivity contribution in [3.05, 3.63) is 28.5 Å². The molecule has 1 heterocycles. The second kappa shape index (κ2) is 6.64. The highest BCUT2D eigenvalue weighted by Crippen LogP contribution is 2.33. The van der Waals surface area contributed by atoms with E-state index in [1.165, 1.54) is 0 Å². The Balaban J connectivity index is 1.70. The molecular formula is C14H20BrNO2. The fraction of sp³-hybridized carbons (Fsp3) is 0.643. The summed E-state index contributed by atoms with van der Waals surface area (Å²) in [4.78, 5) is 4.28. The first-order valence-electron chi connectivity index (χ1n) is 6.57. The minimum atomic E-state index is -0.286. The summed E-state index contributed by atoms with van der Waals surface area (Å²) in [6.07, 6.45) is 5.61. The molecule has 3 nitrogen and oxygen atoms in total. The largest absolute Gasteiger partial charge is 0.393 e. The molecule has 2 rings (SSSR count). The van der Waals surface area contributed by atoms with Crippen LogP contribution in [0.3, 0.4) is 0 Å². The number of pyridine rings is 1. The lowest BCUT2D eigenvalue weighted by Gasteiger charge is -2.36. The van der Waals surface area contributed by atoms with E-state index in [0.717, 1.165) is 36.0 Å². The standard InChI is InChI=1S/C14H20BrNO2/c1-2-18-14-6-10(7-14)5-13(17)8-12-4-3-11(15)9-16-12/h3-4,9-10,13-14,17H,2,5-8H2,1H3. The summed E-state index contributed by atoms with van der Waals surface area (Å²) in [7, 11) is 0. The predicted molar refractivity (Wildman–Crippen MR) is 74.4 cm³/mol. The van der Waals surface area contributed by atoms with Crippen LogP contribution in [0.1, 0.15) is 31.9 Å². The summed E-state index contributed by atoms with van der Waals surface area (Å²) >= 11 is 3.35. The van der Waals surface area contributed by atoms with Crippen LogP contribution < -0.4 is 0 Å². The zero-order valence-corrected chi connectivity index (χ0v) is 12.3. The van der Waals surface area contributed by atoms with Gasteiger partial charge in [0.25, 0.3) is 0 Å². The Hall–Kier alpha value is -0.450. The van der Waals surface area contributed by atoms with Crippen molar-refractivity contribution < 1.29 is 9.84 Å². The van der Waals surface area contributed by atoms with Gasteiger partial charge in [0, 0.05) is 29.4 Å². The molecule has 1 aromatic heterocycles. The molecule has 100 valence electrons. The molecule has 0 radical (unpaired) electrons. The van der Waals surface area contributed by atoms with Crippen LogP contribution in [0.4, 0.5) is 0 Å². The van der Waals surface area contributed by atoms with Crippen molar-refractivity contribution in [3.63, 3.8) is 0 Å². The van der Waals surface area contributed by atoms with Crippen LogP contribution in [0.15, 0.2) is 22.8 Å². The number of hydrogen-bond donors (Lipinski definition) is 1. The second-order valence-electron chi connectivity index (χ2n) is 4.98. The first-order valence-corrected chi connectivity index (χ1v) is 7.36. The van der Waals surface area contributed by atoms with Gasteiger partial charge in [-0.05, 0) is 60.2 Å². The maximum absolute atomic E-state index is 10.0. The Morgan fingerprint density at radius 1 is 1.50 bits per heavy atom. The van der Waals surface area contributed by atoms with Crippen LogP contribution in [0.25, 0.3) is 0 Å². The molecule has 1 atom stereocenters. The Bertz CT molecular complexity index is 363. The third-order valence-electron chi connectivity index (χ3n) is 3.43. The molecule has 1 aromatic rings. The highest BCUT2D eigenvalue weighted by Gasteiger charge is 2.30. The average Bonchev–Trinajstić information content (AvgIpc) is 2.29. The van der Waals surface area contributed by atoms with E-state index in [0.29, 0.717) is 18.4 Å². The highest BCUT2D eigenvalue weighted by molar-refractivity contribution is 9.10. The lowest BCUT2D eigenvalue weighted by Crippen LogP contribution is -2.34. The second-order valence-corrected chi connectivity index (χ2v) is 5.89. The van der Waals surface area contributed by atoms with Gasteiger partial charge in [0.1, 0.15) is 0 Å². The van der Waals surface area contributed by atoms with Gasteiger partial charge in [-0.15, -0.1) is 0 Å². The monoisotopic (exact) mass is 313 g/mol. The number of aromatic nitrogens is 1. The van der Waals surface area contributed by atoms with E-state index in [-0.39, 0.29) is 6.10 Å². The molecule has 0 aliphatic heterocycles. The highest BCUT2D eigenvalue weighted by atomic mass is 79.9. The Morgan fingerprint density at radius 2 is 2.28 bits per heavy atom. The topological polar surface area (TPSA) is 42.4 Å². The molecule has 1 fully saturated rings. The number of aliphatic hydroxyl groups excluding tert-OH is 1. The summed E-state index contributed by atoms with van der Waals surface area (Å²) in [6.45, 7) is 2.82. The van der Waals surface area contributed by atoms with Gasteiger partial charge in [-0.3, -0.25) is 4.98 Å². The first-order chi connectivity index (χ1) is 8.67. The number of aliphatic hydroxyl groups is 1. The van der Waals surface area contributed by atoms with E-state index in [2.05, 4.69) is 20.9 Å². The molecule has 1 N–H and O–H groups in total. The molecule has 18 heavy (non-hydrogen) atoms. The molecular weight excluding hydrogens is 294 g/mol. The van der Waals surface area contributed by atoms with Crippen LogP contribution in [0.2, 0.25) is 0 Å². The summed E-state index contributed by atoms with van der Waals surface area (Å²) in [5.41, 5.74) is 0.950. The van der Waals surface area contributed by atoms with Crippen molar-refractivity contribution in [1.29, 1.82) is 0 Å². The van der Waals surface area contributed by atoms with E-state index >= 15 is 0 Å². The fourth-order valence-corrected chi connectivity index (χ4v) is 2.71. The first kappa shape index (κ1) is 14.0. The summed E-state index contributed by atoms with van der Waals surface area (Å²) < 4.78 is 6.49. The van der Waals surface area contributed by atoms with Gasteiger partial charge in [-0.2, -0.15) is 0 Å². The Labute approximate surface area is 117 Å². The van der Waals surface area contributed by atoms with Gasteiger partial charge < -0.3 is 9.84 Å². The Morgan fingerprint density at radius 3 is 2.89 bits per heavy atom. The van der Waals surface area contributed by atoms with Gasteiger partial charge in [-0.25, -0.2) is 0 Å². The van der Waals surface area contributed by atoms with Gasteiger partial charge in [0.15, 0.2) is 0 Å². The minimum Gasteiger partial charge on any atom is -0.393 e. The molecule has 0 amide bonds. The number of halogens is 1. The third-order valence-corrected chi connectivity index (χ3v) is 3.90. The average molecular weight is 314 g/mol. The van der Waals surface area contributed by atoms with Crippen molar-refractivity contribution in [2.24, 2.45) is 5.92 Å². The zero-order chi connectivity index (χ0) is 13.0. The molecule has 0 saturated heterocycles. The van der Waals surface area contributed by atoms with Crippen LogP contribution in [0.5, 0.6) is 0 Å². The summed E-state index contributed by atoms with van der Waals surface area (Å²) in [6, 6.07) is 3.92. The fourth-order valence-electron chi connectivity index (χ4n) is 2.48. The lowest BCUT2D eigenvalue weighted by molar-refractivity contribution is -0.0376. The predicted octanol–water partition coefficient (Wildman–Crippen LogP) is 2.95. The van der Waals surface area contributed by atoms with Crippen molar-refractivity contribution in [2.45, 2.75) is 44.8 Å². The van der Waals surface area contributed by atoms with E-state index in [1.807, 2.05) is 19.1 Å². The van der Waals surface area contributed by atoms with Crippen molar-refractivity contribution >= 4 is 15.9 Å². The van der Waals surface area contributed by atoms with E-state index in [4.69, 9.17) is 4.74 Å². The van der Waals surface area contributed by atoms with Crippen molar-refractivity contribution in [2.75, 3.05) is 6.61 Å². The molecule has 0 aromatic carbocycles. The molecule has 1 saturated carbocycles. The quantitative estimate of drug-likeness (QED) is 0.878. The van der Waals surface area contributed by atoms with Crippen molar-refractivity contribution in [3.8, 4) is 0 Å². The van der Waals surface area contributed by atoms with Gasteiger partial charge >= 0.3 is 0 Å². The maximum atomic E-state index is 10.0. The molecule has 1 aliphatic rings. The molecule has 0 bridgehead atoms. The van der Waals surface area contributed by atoms with Crippen LogP contribution >= 0.6 is 15.9 Å². The number of ether oxygens (including phenoxy) is 1. The number of hydrogen-bond acceptors (Lipinski definition) is 3. The van der Waals surface area contributed by atoms with E-state index in [9.17, 15) is 5.11 Å².